The summed E-state index contributed by atoms with van der Waals surface area (Å²) in [6.45, 7) is 4.15. The van der Waals surface area contributed by atoms with Gasteiger partial charge in [0.15, 0.2) is 5.78 Å². The van der Waals surface area contributed by atoms with Crippen molar-refractivity contribution in [3.05, 3.63) is 10.5 Å². The monoisotopic (exact) mass is 443 g/mol. The predicted molar refractivity (Wildman–Crippen MR) is 118 cm³/mol. The maximum Gasteiger partial charge on any atom is 0.365 e. The molecule has 0 aliphatic heterocycles. The van der Waals surface area contributed by atoms with E-state index in [4.69, 9.17) is 5.26 Å². The van der Waals surface area contributed by atoms with Gasteiger partial charge < -0.3 is 5.11 Å². The molecule has 3 aliphatic rings. The van der Waals surface area contributed by atoms with Crippen molar-refractivity contribution >= 4 is 5.78 Å². The molecular formula is C24H37N5O3. The molecule has 0 aromatic carbocycles. The van der Waals surface area contributed by atoms with E-state index in [2.05, 4.69) is 17.4 Å². The number of tetrazole rings is 1. The average molecular weight is 444 g/mol. The minimum absolute atomic E-state index is 0.0477. The van der Waals surface area contributed by atoms with Crippen LogP contribution in [0, 0.1) is 46.8 Å². The lowest BCUT2D eigenvalue weighted by molar-refractivity contribution is -0.124. The van der Waals surface area contributed by atoms with Crippen LogP contribution in [0.15, 0.2) is 4.79 Å². The van der Waals surface area contributed by atoms with Crippen molar-refractivity contribution in [3.63, 3.8) is 0 Å². The van der Waals surface area contributed by atoms with E-state index in [1.54, 1.807) is 0 Å². The number of hydrogen-bond donors (Lipinski definition) is 1. The Labute approximate surface area is 190 Å². The third kappa shape index (κ3) is 4.83. The number of fused-ring (bicyclic) bond motifs is 3. The first-order valence-electron chi connectivity index (χ1n) is 12.4. The van der Waals surface area contributed by atoms with Gasteiger partial charge in [0.2, 0.25) is 0 Å². The molecule has 0 radical (unpaired) electrons. The third-order valence-electron chi connectivity index (χ3n) is 8.76. The number of rotatable bonds is 4. The minimum atomic E-state index is -0.499. The van der Waals surface area contributed by atoms with Crippen LogP contribution in [0.4, 0.5) is 0 Å². The Bertz CT molecular complexity index is 913. The van der Waals surface area contributed by atoms with Crippen molar-refractivity contribution in [3.8, 4) is 6.07 Å². The van der Waals surface area contributed by atoms with Gasteiger partial charge in [-0.05, 0) is 105 Å². The van der Waals surface area contributed by atoms with Crippen LogP contribution in [0.1, 0.15) is 78.1 Å². The smallest absolute Gasteiger partial charge is 0.365 e. The summed E-state index contributed by atoms with van der Waals surface area (Å²) < 4.78 is 2.08. The van der Waals surface area contributed by atoms with E-state index < -0.39 is 11.3 Å². The first-order chi connectivity index (χ1) is 15.3. The van der Waals surface area contributed by atoms with Crippen LogP contribution in [0.3, 0.4) is 0 Å². The number of aromatic nitrogens is 4. The van der Waals surface area contributed by atoms with Crippen LogP contribution in [0.2, 0.25) is 0 Å². The van der Waals surface area contributed by atoms with Crippen LogP contribution in [0.25, 0.3) is 0 Å². The molecule has 0 spiro atoms. The zero-order chi connectivity index (χ0) is 22.9. The van der Waals surface area contributed by atoms with E-state index in [9.17, 15) is 14.7 Å². The van der Waals surface area contributed by atoms with Crippen molar-refractivity contribution in [2.45, 2.75) is 96.7 Å². The summed E-state index contributed by atoms with van der Waals surface area (Å²) in [6, 6.07) is 1.88. The number of hydrogen-bond acceptors (Lipinski definition) is 6. The Hall–Kier alpha value is -2.01. The highest BCUT2D eigenvalue weighted by Gasteiger charge is 2.46. The van der Waals surface area contributed by atoms with E-state index >= 15 is 0 Å². The second-order valence-electron chi connectivity index (χ2n) is 11.0. The van der Waals surface area contributed by atoms with E-state index in [0.29, 0.717) is 17.8 Å². The van der Waals surface area contributed by atoms with Crippen molar-refractivity contribution in [1.82, 2.24) is 19.8 Å². The molecule has 3 unspecified atom stereocenters. The molecule has 8 heteroatoms. The van der Waals surface area contributed by atoms with Gasteiger partial charge in [0.05, 0.1) is 11.7 Å². The molecule has 3 saturated carbocycles. The third-order valence-corrected chi connectivity index (χ3v) is 8.76. The van der Waals surface area contributed by atoms with Gasteiger partial charge in [0, 0.05) is 5.92 Å². The van der Waals surface area contributed by atoms with Gasteiger partial charge in [-0.2, -0.15) is 14.6 Å². The molecule has 0 amide bonds. The van der Waals surface area contributed by atoms with Gasteiger partial charge in [-0.15, -0.1) is 0 Å². The second kappa shape index (κ2) is 9.46. The average Bonchev–Trinajstić information content (AvgIpc) is 3.11. The predicted octanol–water partition coefficient (Wildman–Crippen LogP) is 2.94. The Morgan fingerprint density at radius 1 is 1.09 bits per heavy atom. The van der Waals surface area contributed by atoms with Crippen molar-refractivity contribution < 1.29 is 9.90 Å². The summed E-state index contributed by atoms with van der Waals surface area (Å²) in [5, 5.41) is 26.8. The standard InChI is InChI=1S/C24H37N5O3/c1-16-6-7-17(22(30)15-29-23(31)28(13-12-25)26-27-29)4-3-5-21-19(16)9-8-18-14-24(2,32)11-10-20(18)21/h16-21,32H,3-11,13-15H2,1-2H3/t16-,17+,18+,19?,20?,21?,24+/m0/s1. The number of aliphatic hydroxyl groups is 1. The second-order valence-corrected chi connectivity index (χ2v) is 11.0. The van der Waals surface area contributed by atoms with Gasteiger partial charge >= 0.3 is 5.69 Å². The molecule has 32 heavy (non-hydrogen) atoms. The Balaban J connectivity index is 1.42. The SMILES string of the molecule is C[C@H]1CC[C@H](C(=O)Cn2nnn(CC#N)c2=O)CCCC2C3CC[C@@](C)(O)C[C@H]3CCC21. The van der Waals surface area contributed by atoms with Gasteiger partial charge in [-0.1, -0.05) is 13.3 Å². The highest BCUT2D eigenvalue weighted by molar-refractivity contribution is 5.80. The number of nitrogens with zero attached hydrogens (tertiary/aromatic N) is 5. The molecule has 1 aromatic rings. The van der Waals surface area contributed by atoms with Gasteiger partial charge in [-0.3, -0.25) is 4.79 Å². The van der Waals surface area contributed by atoms with Crippen LogP contribution in [-0.2, 0) is 17.9 Å². The molecule has 1 N–H and O–H groups in total. The lowest BCUT2D eigenvalue weighted by Crippen LogP contribution is -2.45. The summed E-state index contributed by atoms with van der Waals surface area (Å²) in [4.78, 5) is 25.3. The van der Waals surface area contributed by atoms with E-state index in [1.165, 1.54) is 19.3 Å². The number of carbonyl (C=O) groups is 1. The maximum absolute atomic E-state index is 13.1. The zero-order valence-corrected chi connectivity index (χ0v) is 19.4. The molecule has 1 heterocycles. The molecule has 3 aliphatic carbocycles. The molecule has 7 atom stereocenters. The molecule has 0 saturated heterocycles. The van der Waals surface area contributed by atoms with Gasteiger partial charge in [0.25, 0.3) is 0 Å². The highest BCUT2D eigenvalue weighted by Crippen LogP contribution is 2.53. The Kier molecular flexibility index (Phi) is 6.85. The van der Waals surface area contributed by atoms with Gasteiger partial charge in [0.1, 0.15) is 13.1 Å². The zero-order valence-electron chi connectivity index (χ0n) is 19.4. The molecule has 4 rings (SSSR count). The van der Waals surface area contributed by atoms with Crippen LogP contribution < -0.4 is 5.69 Å². The van der Waals surface area contributed by atoms with E-state index in [-0.39, 0.29) is 24.8 Å². The molecule has 3 fully saturated rings. The summed E-state index contributed by atoms with van der Waals surface area (Å²) in [5.41, 5.74) is -0.996. The van der Waals surface area contributed by atoms with Crippen molar-refractivity contribution in [2.75, 3.05) is 0 Å². The number of nitriles is 1. The lowest BCUT2D eigenvalue weighted by atomic mass is 9.56. The summed E-state index contributed by atoms with van der Waals surface area (Å²) >= 11 is 0. The fourth-order valence-electron chi connectivity index (χ4n) is 7.08. The summed E-state index contributed by atoms with van der Waals surface area (Å²) in [7, 11) is 0. The molecular weight excluding hydrogens is 406 g/mol. The first kappa shape index (κ1) is 23.2. The quantitative estimate of drug-likeness (QED) is 0.765. The number of carbonyl (C=O) groups excluding carboxylic acids is 1. The van der Waals surface area contributed by atoms with Crippen LogP contribution >= 0.6 is 0 Å². The van der Waals surface area contributed by atoms with Crippen molar-refractivity contribution in [2.24, 2.45) is 35.5 Å². The maximum atomic E-state index is 13.1. The van der Waals surface area contributed by atoms with E-state index in [1.807, 2.05) is 13.0 Å². The molecule has 0 bridgehead atoms. The Morgan fingerprint density at radius 3 is 2.66 bits per heavy atom. The topological polar surface area (TPSA) is 114 Å². The van der Waals surface area contributed by atoms with Gasteiger partial charge in [-0.25, -0.2) is 4.79 Å². The highest BCUT2D eigenvalue weighted by atomic mass is 16.3. The summed E-state index contributed by atoms with van der Waals surface area (Å²) in [5.74, 6) is 3.40. The molecule has 176 valence electrons. The number of ketones is 1. The molecule has 1 aromatic heterocycles. The lowest BCUT2D eigenvalue weighted by Gasteiger charge is -2.50. The fourth-order valence-corrected chi connectivity index (χ4v) is 7.08. The Morgan fingerprint density at radius 2 is 1.88 bits per heavy atom. The first-order valence-corrected chi connectivity index (χ1v) is 12.4. The largest absolute Gasteiger partial charge is 0.390 e. The van der Waals surface area contributed by atoms with E-state index in [0.717, 1.165) is 66.1 Å². The normalized spacial score (nSPS) is 37.8. The number of Topliss-reactive ketones (excluding diaryl/α,β-unsaturated/α-hetero) is 1. The molecule has 8 nitrogen and oxygen atoms in total. The van der Waals surface area contributed by atoms with Crippen LogP contribution in [0.5, 0.6) is 0 Å². The van der Waals surface area contributed by atoms with Crippen LogP contribution in [-0.4, -0.2) is 36.3 Å². The minimum Gasteiger partial charge on any atom is -0.390 e. The summed E-state index contributed by atoms with van der Waals surface area (Å²) in [6.07, 6.45) is 10.5. The fraction of sp³-hybridized carbons (Fsp3) is 0.875. The van der Waals surface area contributed by atoms with Crippen molar-refractivity contribution in [1.29, 1.82) is 5.26 Å².